The molecule has 0 saturated heterocycles. The van der Waals surface area contributed by atoms with Crippen LogP contribution in [-0.2, 0) is 15.7 Å². The number of aliphatic hydroxyl groups is 2. The molecule has 112 valence electrons. The first-order valence-corrected chi connectivity index (χ1v) is 5.50. The molecule has 0 aliphatic carbocycles. The summed E-state index contributed by atoms with van der Waals surface area (Å²) in [6.45, 7) is 0. The fraction of sp³-hybridized carbons (Fsp3) is 0.417. The number of benzene rings is 1. The van der Waals surface area contributed by atoms with Gasteiger partial charge in [-0.05, 0) is 18.2 Å². The number of halogens is 3. The summed E-state index contributed by atoms with van der Waals surface area (Å²) >= 11 is 0. The molecule has 2 unspecified atom stereocenters. The van der Waals surface area contributed by atoms with E-state index in [0.29, 0.717) is 12.1 Å². The Hall–Kier alpha value is -1.80. The zero-order chi connectivity index (χ0) is 15.5. The standard InChI is InChI=1S/C12H13F3O5/c1-20-10(18)5-9(17)11(19)7-4-6(12(13,14)15)2-3-8(7)16/h2-4,9,11,16-17,19H,5H2,1H3. The van der Waals surface area contributed by atoms with Crippen molar-refractivity contribution in [2.45, 2.75) is 24.8 Å². The number of esters is 1. The van der Waals surface area contributed by atoms with Gasteiger partial charge in [0.1, 0.15) is 11.9 Å². The lowest BCUT2D eigenvalue weighted by molar-refractivity contribution is -0.145. The third kappa shape index (κ3) is 3.84. The molecule has 0 bridgehead atoms. The number of ether oxygens (including phenoxy) is 1. The molecule has 0 spiro atoms. The summed E-state index contributed by atoms with van der Waals surface area (Å²) in [5, 5.41) is 28.7. The Bertz CT molecular complexity index is 486. The molecule has 1 aromatic carbocycles. The highest BCUT2D eigenvalue weighted by molar-refractivity contribution is 5.69. The van der Waals surface area contributed by atoms with Crippen molar-refractivity contribution in [1.29, 1.82) is 0 Å². The molecule has 0 amide bonds. The normalized spacial score (nSPS) is 14.7. The quantitative estimate of drug-likeness (QED) is 0.730. The van der Waals surface area contributed by atoms with Gasteiger partial charge in [0.15, 0.2) is 0 Å². The maximum Gasteiger partial charge on any atom is 0.416 e. The van der Waals surface area contributed by atoms with Crippen molar-refractivity contribution in [3.63, 3.8) is 0 Å². The van der Waals surface area contributed by atoms with Crippen LogP contribution in [0.15, 0.2) is 18.2 Å². The first kappa shape index (κ1) is 16.3. The number of hydrogen-bond donors (Lipinski definition) is 3. The van der Waals surface area contributed by atoms with Gasteiger partial charge in [-0.15, -0.1) is 0 Å². The molecule has 20 heavy (non-hydrogen) atoms. The van der Waals surface area contributed by atoms with Crippen molar-refractivity contribution in [2.75, 3.05) is 7.11 Å². The lowest BCUT2D eigenvalue weighted by Gasteiger charge is -2.19. The van der Waals surface area contributed by atoms with Gasteiger partial charge in [0.25, 0.3) is 0 Å². The third-order valence-corrected chi connectivity index (χ3v) is 2.64. The van der Waals surface area contributed by atoms with Crippen molar-refractivity contribution in [1.82, 2.24) is 0 Å². The summed E-state index contributed by atoms with van der Waals surface area (Å²) in [6, 6.07) is 1.91. The van der Waals surface area contributed by atoms with E-state index in [-0.39, 0.29) is 0 Å². The van der Waals surface area contributed by atoms with E-state index in [0.717, 1.165) is 13.2 Å². The Kier molecular flexibility index (Phi) is 4.96. The molecule has 1 aromatic rings. The molecule has 0 fully saturated rings. The van der Waals surface area contributed by atoms with Crippen LogP contribution in [0.1, 0.15) is 23.7 Å². The van der Waals surface area contributed by atoms with Crippen molar-refractivity contribution in [3.8, 4) is 5.75 Å². The maximum absolute atomic E-state index is 12.5. The van der Waals surface area contributed by atoms with Gasteiger partial charge in [-0.3, -0.25) is 4.79 Å². The van der Waals surface area contributed by atoms with Crippen LogP contribution in [0.5, 0.6) is 5.75 Å². The summed E-state index contributed by atoms with van der Waals surface area (Å²) in [5.74, 6) is -1.46. The summed E-state index contributed by atoms with van der Waals surface area (Å²) in [4.78, 5) is 10.9. The van der Waals surface area contributed by atoms with Crippen molar-refractivity contribution in [3.05, 3.63) is 29.3 Å². The first-order chi connectivity index (χ1) is 9.16. The molecule has 0 aliphatic rings. The molecule has 2 atom stereocenters. The Labute approximate surface area is 112 Å². The molecule has 8 heteroatoms. The number of phenols is 1. The van der Waals surface area contributed by atoms with E-state index >= 15 is 0 Å². The molecule has 0 aliphatic heterocycles. The van der Waals surface area contributed by atoms with Gasteiger partial charge in [-0.25, -0.2) is 0 Å². The second-order valence-electron chi connectivity index (χ2n) is 4.06. The van der Waals surface area contributed by atoms with Crippen LogP contribution in [0.25, 0.3) is 0 Å². The van der Waals surface area contributed by atoms with Crippen LogP contribution in [0.4, 0.5) is 13.2 Å². The third-order valence-electron chi connectivity index (χ3n) is 2.64. The average Bonchev–Trinajstić information content (AvgIpc) is 2.36. The number of carbonyl (C=O) groups is 1. The lowest BCUT2D eigenvalue weighted by Crippen LogP contribution is -2.23. The van der Waals surface area contributed by atoms with Crippen LogP contribution < -0.4 is 0 Å². The van der Waals surface area contributed by atoms with Gasteiger partial charge >= 0.3 is 12.1 Å². The van der Waals surface area contributed by atoms with Gasteiger partial charge in [-0.1, -0.05) is 0 Å². The van der Waals surface area contributed by atoms with E-state index in [1.54, 1.807) is 0 Å². The van der Waals surface area contributed by atoms with E-state index in [4.69, 9.17) is 0 Å². The molecule has 0 aromatic heterocycles. The molecule has 0 radical (unpaired) electrons. The Morgan fingerprint density at radius 3 is 2.45 bits per heavy atom. The first-order valence-electron chi connectivity index (χ1n) is 5.50. The highest BCUT2D eigenvalue weighted by Crippen LogP contribution is 2.35. The van der Waals surface area contributed by atoms with E-state index in [1.165, 1.54) is 0 Å². The van der Waals surface area contributed by atoms with Crippen LogP contribution in [0.2, 0.25) is 0 Å². The topological polar surface area (TPSA) is 87.0 Å². The molecule has 0 heterocycles. The van der Waals surface area contributed by atoms with E-state index < -0.39 is 47.7 Å². The largest absolute Gasteiger partial charge is 0.508 e. The maximum atomic E-state index is 12.5. The van der Waals surface area contributed by atoms with Crippen molar-refractivity contribution >= 4 is 5.97 Å². The summed E-state index contributed by atoms with van der Waals surface area (Å²) in [7, 11) is 1.06. The van der Waals surface area contributed by atoms with Crippen molar-refractivity contribution in [2.24, 2.45) is 0 Å². The average molecular weight is 294 g/mol. The predicted molar refractivity (Wildman–Crippen MR) is 60.7 cm³/mol. The second kappa shape index (κ2) is 6.10. The monoisotopic (exact) mass is 294 g/mol. The number of rotatable bonds is 4. The van der Waals surface area contributed by atoms with E-state index in [2.05, 4.69) is 4.74 Å². The molecule has 1 rings (SSSR count). The number of phenolic OH excluding ortho intramolecular Hbond substituents is 1. The van der Waals surface area contributed by atoms with E-state index in [9.17, 15) is 33.3 Å². The minimum absolute atomic E-state index is 0.514. The molecular weight excluding hydrogens is 281 g/mol. The van der Waals surface area contributed by atoms with Gasteiger partial charge in [0, 0.05) is 5.56 Å². The van der Waals surface area contributed by atoms with Gasteiger partial charge in [0.2, 0.25) is 0 Å². The van der Waals surface area contributed by atoms with Crippen LogP contribution in [0, 0.1) is 0 Å². The van der Waals surface area contributed by atoms with Gasteiger partial charge in [0.05, 0.1) is 25.2 Å². The van der Waals surface area contributed by atoms with E-state index in [1.807, 2.05) is 0 Å². The van der Waals surface area contributed by atoms with Gasteiger partial charge in [-0.2, -0.15) is 13.2 Å². The fourth-order valence-electron chi connectivity index (χ4n) is 1.54. The minimum Gasteiger partial charge on any atom is -0.508 e. The van der Waals surface area contributed by atoms with Crippen LogP contribution in [-0.4, -0.2) is 34.5 Å². The number of aliphatic hydroxyl groups excluding tert-OH is 2. The van der Waals surface area contributed by atoms with Crippen LogP contribution in [0.3, 0.4) is 0 Å². The SMILES string of the molecule is COC(=O)CC(O)C(O)c1cc(C(F)(F)F)ccc1O. The number of alkyl halides is 3. The molecular formula is C12H13F3O5. The second-order valence-corrected chi connectivity index (χ2v) is 4.06. The number of carbonyl (C=O) groups excluding carboxylic acids is 1. The Morgan fingerprint density at radius 2 is 1.95 bits per heavy atom. The summed E-state index contributed by atoms with van der Waals surface area (Å²) < 4.78 is 41.8. The summed E-state index contributed by atoms with van der Waals surface area (Å²) in [5.41, 5.74) is -1.61. The zero-order valence-corrected chi connectivity index (χ0v) is 10.4. The number of methoxy groups -OCH3 is 1. The highest BCUT2D eigenvalue weighted by atomic mass is 19.4. The number of hydrogen-bond acceptors (Lipinski definition) is 5. The highest BCUT2D eigenvalue weighted by Gasteiger charge is 2.33. The molecule has 0 saturated carbocycles. The Morgan fingerprint density at radius 1 is 1.35 bits per heavy atom. The number of aromatic hydroxyl groups is 1. The van der Waals surface area contributed by atoms with Gasteiger partial charge < -0.3 is 20.1 Å². The molecule has 5 nitrogen and oxygen atoms in total. The lowest BCUT2D eigenvalue weighted by atomic mass is 9.99. The molecule has 3 N–H and O–H groups in total. The van der Waals surface area contributed by atoms with Crippen LogP contribution >= 0.6 is 0 Å². The summed E-state index contributed by atoms with van der Waals surface area (Å²) in [6.07, 6.45) is -8.82. The van der Waals surface area contributed by atoms with Crippen molar-refractivity contribution < 1.29 is 38.0 Å². The zero-order valence-electron chi connectivity index (χ0n) is 10.4. The Balaban J connectivity index is 3.03. The predicted octanol–water partition coefficient (Wildman–Crippen LogP) is 1.37. The minimum atomic E-state index is -4.66. The fourth-order valence-corrected chi connectivity index (χ4v) is 1.54. The smallest absolute Gasteiger partial charge is 0.416 e.